The van der Waals surface area contributed by atoms with Crippen molar-refractivity contribution >= 4 is 5.91 Å². The van der Waals surface area contributed by atoms with Gasteiger partial charge in [-0.1, -0.05) is 35.5 Å². The highest BCUT2D eigenvalue weighted by Crippen LogP contribution is 2.16. The zero-order chi connectivity index (χ0) is 15.2. The van der Waals surface area contributed by atoms with Gasteiger partial charge in [0.2, 0.25) is 5.76 Å². The summed E-state index contributed by atoms with van der Waals surface area (Å²) in [6.45, 7) is 1.34. The molecule has 1 amide bonds. The zero-order valence-electron chi connectivity index (χ0n) is 12.0. The van der Waals surface area contributed by atoms with Crippen molar-refractivity contribution < 1.29 is 9.32 Å². The van der Waals surface area contributed by atoms with Gasteiger partial charge in [-0.2, -0.15) is 0 Å². The van der Waals surface area contributed by atoms with Crippen molar-refractivity contribution in [3.63, 3.8) is 0 Å². The van der Waals surface area contributed by atoms with Crippen LogP contribution in [0.25, 0.3) is 11.4 Å². The molecule has 0 radical (unpaired) electrons. The predicted molar refractivity (Wildman–Crippen MR) is 81.1 cm³/mol. The number of nitrogens with zero attached hydrogens (tertiary/aromatic N) is 3. The quantitative estimate of drug-likeness (QED) is 0.709. The summed E-state index contributed by atoms with van der Waals surface area (Å²) in [6, 6.07) is 11.6. The molecule has 2 aromatic heterocycles. The van der Waals surface area contributed by atoms with Crippen molar-refractivity contribution in [1.82, 2.24) is 20.0 Å². The molecule has 3 rings (SSSR count). The fourth-order valence-electron chi connectivity index (χ4n) is 2.21. The number of hydrogen-bond acceptors (Lipinski definition) is 4. The Balaban J connectivity index is 1.53. The van der Waals surface area contributed by atoms with Crippen molar-refractivity contribution in [1.29, 1.82) is 0 Å². The summed E-state index contributed by atoms with van der Waals surface area (Å²) in [5.41, 5.74) is 1.08. The Morgan fingerprint density at radius 1 is 1.18 bits per heavy atom. The Kier molecular flexibility index (Phi) is 4.29. The van der Waals surface area contributed by atoms with Crippen LogP contribution in [0.4, 0.5) is 0 Å². The second-order valence-corrected chi connectivity index (χ2v) is 4.80. The monoisotopic (exact) mass is 296 g/mol. The van der Waals surface area contributed by atoms with Crippen molar-refractivity contribution in [2.75, 3.05) is 6.54 Å². The van der Waals surface area contributed by atoms with Crippen LogP contribution >= 0.6 is 0 Å². The van der Waals surface area contributed by atoms with E-state index >= 15 is 0 Å². The lowest BCUT2D eigenvalue weighted by Gasteiger charge is -2.08. The van der Waals surface area contributed by atoms with Gasteiger partial charge in [0.25, 0.3) is 5.91 Å². The Bertz CT molecular complexity index is 720. The molecule has 0 fully saturated rings. The first-order valence-corrected chi connectivity index (χ1v) is 7.10. The lowest BCUT2D eigenvalue weighted by molar-refractivity contribution is 0.0916. The minimum atomic E-state index is -0.244. The summed E-state index contributed by atoms with van der Waals surface area (Å²) >= 11 is 0. The first-order valence-electron chi connectivity index (χ1n) is 7.10. The molecule has 0 spiro atoms. The van der Waals surface area contributed by atoms with Crippen molar-refractivity contribution in [2.45, 2.75) is 13.0 Å². The second-order valence-electron chi connectivity index (χ2n) is 4.80. The maximum atomic E-state index is 11.7. The molecule has 0 saturated carbocycles. The molecule has 6 nitrogen and oxygen atoms in total. The summed E-state index contributed by atoms with van der Waals surface area (Å²) in [4.78, 5) is 16.1. The SMILES string of the molecule is O=C(NCCCn1ccnc1-c1ccccc1)c1ccno1. The van der Waals surface area contributed by atoms with Gasteiger partial charge in [-0.3, -0.25) is 4.79 Å². The third kappa shape index (κ3) is 3.22. The molecule has 0 aliphatic carbocycles. The maximum Gasteiger partial charge on any atom is 0.289 e. The molecule has 0 aliphatic rings. The summed E-state index contributed by atoms with van der Waals surface area (Å²) in [5, 5.41) is 6.31. The van der Waals surface area contributed by atoms with E-state index in [2.05, 4.69) is 20.0 Å². The van der Waals surface area contributed by atoms with Crippen LogP contribution < -0.4 is 5.32 Å². The van der Waals surface area contributed by atoms with Crippen LogP contribution in [0.1, 0.15) is 17.0 Å². The third-order valence-electron chi connectivity index (χ3n) is 3.27. The minimum Gasteiger partial charge on any atom is -0.351 e. The summed E-state index contributed by atoms with van der Waals surface area (Å²) in [7, 11) is 0. The topological polar surface area (TPSA) is 73.0 Å². The van der Waals surface area contributed by atoms with E-state index in [1.165, 1.54) is 6.20 Å². The number of nitrogens with one attached hydrogen (secondary N) is 1. The van der Waals surface area contributed by atoms with Crippen LogP contribution in [0.3, 0.4) is 0 Å². The highest BCUT2D eigenvalue weighted by Gasteiger charge is 2.09. The molecular formula is C16H16N4O2. The number of hydrogen-bond donors (Lipinski definition) is 1. The molecule has 22 heavy (non-hydrogen) atoms. The standard InChI is InChI=1S/C16H16N4O2/c21-16(14-7-9-19-22-14)18-8-4-11-20-12-10-17-15(20)13-5-2-1-3-6-13/h1-3,5-7,9-10,12H,4,8,11H2,(H,18,21). The Morgan fingerprint density at radius 3 is 2.82 bits per heavy atom. The molecule has 1 N–H and O–H groups in total. The van der Waals surface area contributed by atoms with E-state index < -0.39 is 0 Å². The fourth-order valence-corrected chi connectivity index (χ4v) is 2.21. The van der Waals surface area contributed by atoms with Gasteiger partial charge in [-0.25, -0.2) is 4.98 Å². The van der Waals surface area contributed by atoms with Crippen LogP contribution in [0, 0.1) is 0 Å². The number of carbonyl (C=O) groups excluding carboxylic acids is 1. The van der Waals surface area contributed by atoms with Crippen LogP contribution in [0.5, 0.6) is 0 Å². The van der Waals surface area contributed by atoms with E-state index in [9.17, 15) is 4.79 Å². The molecular weight excluding hydrogens is 280 g/mol. The molecule has 0 atom stereocenters. The Morgan fingerprint density at radius 2 is 2.05 bits per heavy atom. The molecule has 0 unspecified atom stereocenters. The van der Waals surface area contributed by atoms with Crippen molar-refractivity contribution in [3.05, 3.63) is 60.7 Å². The number of amides is 1. The molecule has 0 saturated heterocycles. The highest BCUT2D eigenvalue weighted by molar-refractivity contribution is 5.91. The average Bonchev–Trinajstić information content (AvgIpc) is 3.23. The molecule has 112 valence electrons. The molecule has 6 heteroatoms. The van der Waals surface area contributed by atoms with Gasteiger partial charge in [0.1, 0.15) is 5.82 Å². The fraction of sp³-hybridized carbons (Fsp3) is 0.188. The molecule has 0 aliphatic heterocycles. The van der Waals surface area contributed by atoms with Gasteiger partial charge in [-0.05, 0) is 6.42 Å². The van der Waals surface area contributed by atoms with Gasteiger partial charge in [0.05, 0.1) is 6.20 Å². The first kappa shape index (κ1) is 14.1. The van der Waals surface area contributed by atoms with E-state index in [0.29, 0.717) is 6.54 Å². The number of rotatable bonds is 6. The van der Waals surface area contributed by atoms with Gasteiger partial charge < -0.3 is 14.4 Å². The number of imidazole rings is 1. The molecule has 0 bridgehead atoms. The Hall–Kier alpha value is -2.89. The molecule has 1 aromatic carbocycles. The summed E-state index contributed by atoms with van der Waals surface area (Å²) < 4.78 is 6.88. The second kappa shape index (κ2) is 6.71. The number of aryl methyl sites for hydroxylation is 1. The first-order chi connectivity index (χ1) is 10.8. The highest BCUT2D eigenvalue weighted by atomic mass is 16.5. The normalized spacial score (nSPS) is 10.5. The number of aromatic nitrogens is 3. The maximum absolute atomic E-state index is 11.7. The number of carbonyl (C=O) groups is 1. The summed E-state index contributed by atoms with van der Waals surface area (Å²) in [6.07, 6.45) is 5.98. The van der Waals surface area contributed by atoms with E-state index in [1.807, 2.05) is 36.5 Å². The average molecular weight is 296 g/mol. The van der Waals surface area contributed by atoms with E-state index in [1.54, 1.807) is 12.3 Å². The lowest BCUT2D eigenvalue weighted by atomic mass is 10.2. The zero-order valence-corrected chi connectivity index (χ0v) is 12.0. The van der Waals surface area contributed by atoms with Crippen LogP contribution in [0.2, 0.25) is 0 Å². The summed E-state index contributed by atoms with van der Waals surface area (Å²) in [5.74, 6) is 0.918. The smallest absolute Gasteiger partial charge is 0.289 e. The van der Waals surface area contributed by atoms with E-state index in [4.69, 9.17) is 4.52 Å². The van der Waals surface area contributed by atoms with Crippen LogP contribution in [0.15, 0.2) is 59.5 Å². The van der Waals surface area contributed by atoms with Crippen LogP contribution in [-0.2, 0) is 6.54 Å². The minimum absolute atomic E-state index is 0.229. The van der Waals surface area contributed by atoms with Crippen LogP contribution in [-0.4, -0.2) is 27.2 Å². The lowest BCUT2D eigenvalue weighted by Crippen LogP contribution is -2.24. The Labute approximate surface area is 127 Å². The largest absolute Gasteiger partial charge is 0.351 e. The molecule has 2 heterocycles. The van der Waals surface area contributed by atoms with Gasteiger partial charge >= 0.3 is 0 Å². The molecule has 3 aromatic rings. The third-order valence-corrected chi connectivity index (χ3v) is 3.27. The van der Waals surface area contributed by atoms with Crippen molar-refractivity contribution in [2.24, 2.45) is 0 Å². The van der Waals surface area contributed by atoms with Gasteiger partial charge in [0.15, 0.2) is 0 Å². The van der Waals surface area contributed by atoms with Gasteiger partial charge in [-0.15, -0.1) is 0 Å². The predicted octanol–water partition coefficient (Wildman–Crippen LogP) is 2.36. The van der Waals surface area contributed by atoms with Gasteiger partial charge in [0, 0.05) is 37.1 Å². The van der Waals surface area contributed by atoms with Crippen molar-refractivity contribution in [3.8, 4) is 11.4 Å². The van der Waals surface area contributed by atoms with E-state index in [0.717, 1.165) is 24.4 Å². The number of benzene rings is 1. The van der Waals surface area contributed by atoms with E-state index in [-0.39, 0.29) is 11.7 Å².